The molecular formula is C31H50N2O4. The molecule has 0 radical (unpaired) electrons. The Hall–Kier alpha value is -1.85. The third-order valence-corrected chi connectivity index (χ3v) is 11.4. The Bertz CT molecular complexity index is 941. The molecule has 0 heterocycles. The van der Waals surface area contributed by atoms with Crippen molar-refractivity contribution in [2.75, 3.05) is 28.2 Å². The summed E-state index contributed by atoms with van der Waals surface area (Å²) in [5, 5.41) is 0. The zero-order chi connectivity index (χ0) is 27.3. The first kappa shape index (κ1) is 28.2. The van der Waals surface area contributed by atoms with Crippen LogP contribution in [0.3, 0.4) is 0 Å². The lowest BCUT2D eigenvalue weighted by Gasteiger charge is -2.61. The zero-order valence-electron chi connectivity index (χ0n) is 24.5. The van der Waals surface area contributed by atoms with E-state index in [9.17, 15) is 14.4 Å². The molecule has 208 valence electrons. The number of rotatable bonds is 5. The van der Waals surface area contributed by atoms with Crippen molar-refractivity contribution in [2.45, 2.75) is 91.6 Å². The predicted molar refractivity (Wildman–Crippen MR) is 146 cm³/mol. The number of allylic oxidation sites excluding steroid dienone is 2. The van der Waals surface area contributed by atoms with Gasteiger partial charge in [0.15, 0.2) is 5.78 Å². The van der Waals surface area contributed by atoms with Gasteiger partial charge < -0.3 is 14.5 Å². The van der Waals surface area contributed by atoms with Crippen molar-refractivity contribution in [1.82, 2.24) is 9.80 Å². The summed E-state index contributed by atoms with van der Waals surface area (Å²) < 4.78 is 5.81. The zero-order valence-corrected chi connectivity index (χ0v) is 24.5. The number of nitrogens with zero attached hydrogens (tertiary/aromatic N) is 2. The quantitative estimate of drug-likeness (QED) is 0.425. The Morgan fingerprint density at radius 2 is 1.65 bits per heavy atom. The summed E-state index contributed by atoms with van der Waals surface area (Å²) in [4.78, 5) is 41.9. The summed E-state index contributed by atoms with van der Waals surface area (Å²) in [5.74, 6) is 2.74. The summed E-state index contributed by atoms with van der Waals surface area (Å²) in [7, 11) is 7.11. The second-order valence-corrected chi connectivity index (χ2v) is 13.6. The van der Waals surface area contributed by atoms with E-state index in [0.717, 1.165) is 44.1 Å². The van der Waals surface area contributed by atoms with Gasteiger partial charge in [-0.05, 0) is 104 Å². The van der Waals surface area contributed by atoms with Crippen LogP contribution in [0.15, 0.2) is 11.6 Å². The number of ether oxygens (including phenoxy) is 1. The number of carbonyl (C=O) groups is 3. The molecule has 0 saturated heterocycles. The van der Waals surface area contributed by atoms with E-state index in [1.165, 1.54) is 17.7 Å². The highest BCUT2D eigenvalue weighted by Crippen LogP contribution is 2.68. The second-order valence-electron chi connectivity index (χ2n) is 13.6. The molecule has 5 unspecified atom stereocenters. The maximum atomic E-state index is 14.2. The molecule has 0 aromatic carbocycles. The van der Waals surface area contributed by atoms with Gasteiger partial charge in [-0.15, -0.1) is 0 Å². The van der Waals surface area contributed by atoms with E-state index in [4.69, 9.17) is 4.74 Å². The largest absolute Gasteiger partial charge is 0.446 e. The second kappa shape index (κ2) is 10.4. The molecule has 0 aromatic heterocycles. The molecule has 0 aliphatic heterocycles. The van der Waals surface area contributed by atoms with Crippen LogP contribution in [0, 0.1) is 46.3 Å². The van der Waals surface area contributed by atoms with Crippen LogP contribution in [-0.4, -0.2) is 61.9 Å². The van der Waals surface area contributed by atoms with Crippen LogP contribution in [0.4, 0.5) is 4.79 Å². The van der Waals surface area contributed by atoms with Gasteiger partial charge in [-0.25, -0.2) is 4.79 Å². The van der Waals surface area contributed by atoms with Gasteiger partial charge in [-0.3, -0.25) is 9.59 Å². The van der Waals surface area contributed by atoms with Gasteiger partial charge in [0.25, 0.3) is 0 Å². The lowest BCUT2D eigenvalue weighted by Crippen LogP contribution is -2.58. The highest BCUT2D eigenvalue weighted by molar-refractivity contribution is 5.99. The maximum Gasteiger partial charge on any atom is 0.409 e. The normalized spacial score (nSPS) is 40.9. The Morgan fingerprint density at radius 1 is 1.00 bits per heavy atom. The minimum atomic E-state index is -0.289. The molecule has 4 saturated carbocycles. The smallest absolute Gasteiger partial charge is 0.409 e. The van der Waals surface area contributed by atoms with E-state index < -0.39 is 0 Å². The van der Waals surface area contributed by atoms with Crippen LogP contribution < -0.4 is 0 Å². The minimum Gasteiger partial charge on any atom is -0.446 e. The third-order valence-electron chi connectivity index (χ3n) is 11.4. The molecule has 4 fully saturated rings. The standard InChI is InChI=1S/C31H50N2O4/c1-9-21-25-18-20(37-29(36)33(7)8)14-16-31(25,4)24-15-17-30(3)22(11-12-23(30)27(24)28(21)35)19(2)10-13-26(34)32(5)6/h9,19-20,22-25,27H,10-18H2,1-8H3/b21-9+/t19-,20+,22?,23?,24?,25?,27?,30+,31+/m0/s1. The van der Waals surface area contributed by atoms with E-state index in [0.29, 0.717) is 35.9 Å². The molecule has 0 bridgehead atoms. The van der Waals surface area contributed by atoms with Gasteiger partial charge in [0.05, 0.1) is 0 Å². The Kier molecular flexibility index (Phi) is 7.90. The van der Waals surface area contributed by atoms with E-state index >= 15 is 0 Å². The number of carbonyl (C=O) groups excluding carboxylic acids is 3. The number of fused-ring (bicyclic) bond motifs is 5. The van der Waals surface area contributed by atoms with E-state index in [2.05, 4.69) is 26.8 Å². The fourth-order valence-corrected chi connectivity index (χ4v) is 9.28. The lowest BCUT2D eigenvalue weighted by atomic mass is 9.43. The number of hydrogen-bond donors (Lipinski definition) is 0. The number of hydrogen-bond acceptors (Lipinski definition) is 4. The minimum absolute atomic E-state index is 0.0740. The van der Waals surface area contributed by atoms with Crippen LogP contribution in [0.25, 0.3) is 0 Å². The maximum absolute atomic E-state index is 14.2. The molecule has 4 aliphatic rings. The molecular weight excluding hydrogens is 464 g/mol. The SMILES string of the molecule is C/C=C1/C(=O)C2C(CC[C@@]3(C)C2CCC3[C@@H](C)CCC(=O)N(C)C)[C@@]2(C)CC[C@@H](OC(=O)N(C)C)CC12. The monoisotopic (exact) mass is 514 g/mol. The van der Waals surface area contributed by atoms with Crippen LogP contribution in [0.1, 0.15) is 85.5 Å². The predicted octanol–water partition coefficient (Wildman–Crippen LogP) is 5.95. The summed E-state index contributed by atoms with van der Waals surface area (Å²) in [6.45, 7) is 9.25. The van der Waals surface area contributed by atoms with Gasteiger partial charge >= 0.3 is 6.09 Å². The molecule has 2 amide bonds. The topological polar surface area (TPSA) is 66.9 Å². The summed E-state index contributed by atoms with van der Waals surface area (Å²) in [6.07, 6.45) is 10.4. The molecule has 4 rings (SSSR count). The number of Topliss-reactive ketones (excluding diaryl/α,β-unsaturated/α-hetero) is 1. The Labute approximate surface area is 224 Å². The van der Waals surface area contributed by atoms with Gasteiger partial charge in [0, 0.05) is 40.5 Å². The van der Waals surface area contributed by atoms with Crippen LogP contribution in [-0.2, 0) is 14.3 Å². The molecule has 37 heavy (non-hydrogen) atoms. The molecule has 4 aliphatic carbocycles. The van der Waals surface area contributed by atoms with Gasteiger partial charge in [0.1, 0.15) is 6.10 Å². The van der Waals surface area contributed by atoms with Crippen molar-refractivity contribution in [1.29, 1.82) is 0 Å². The van der Waals surface area contributed by atoms with Crippen molar-refractivity contribution >= 4 is 17.8 Å². The molecule has 0 aromatic rings. The molecule has 9 atom stereocenters. The summed E-state index contributed by atoms with van der Waals surface area (Å²) >= 11 is 0. The fourth-order valence-electron chi connectivity index (χ4n) is 9.28. The van der Waals surface area contributed by atoms with Gasteiger partial charge in [-0.2, -0.15) is 0 Å². The van der Waals surface area contributed by atoms with Crippen molar-refractivity contribution in [3.05, 3.63) is 11.6 Å². The molecule has 6 nitrogen and oxygen atoms in total. The first-order valence-electron chi connectivity index (χ1n) is 14.6. The van der Waals surface area contributed by atoms with Crippen molar-refractivity contribution in [3.8, 4) is 0 Å². The molecule has 0 spiro atoms. The Balaban J connectivity index is 1.55. The highest BCUT2D eigenvalue weighted by atomic mass is 16.6. The van der Waals surface area contributed by atoms with Crippen LogP contribution in [0.2, 0.25) is 0 Å². The first-order chi connectivity index (χ1) is 17.3. The summed E-state index contributed by atoms with van der Waals surface area (Å²) in [5.41, 5.74) is 1.23. The average molecular weight is 515 g/mol. The van der Waals surface area contributed by atoms with Gasteiger partial charge in [-0.1, -0.05) is 26.8 Å². The average Bonchev–Trinajstić information content (AvgIpc) is 3.20. The first-order valence-corrected chi connectivity index (χ1v) is 14.6. The van der Waals surface area contributed by atoms with Crippen molar-refractivity contribution in [2.24, 2.45) is 46.3 Å². The highest BCUT2D eigenvalue weighted by Gasteiger charge is 2.64. The third kappa shape index (κ3) is 4.76. The number of ketones is 1. The van der Waals surface area contributed by atoms with Crippen LogP contribution in [0.5, 0.6) is 0 Å². The van der Waals surface area contributed by atoms with E-state index in [-0.39, 0.29) is 40.8 Å². The van der Waals surface area contributed by atoms with Crippen molar-refractivity contribution in [3.63, 3.8) is 0 Å². The molecule has 0 N–H and O–H groups in total. The van der Waals surface area contributed by atoms with E-state index in [1.807, 2.05) is 21.0 Å². The summed E-state index contributed by atoms with van der Waals surface area (Å²) in [6, 6.07) is 0. The number of amides is 2. The van der Waals surface area contributed by atoms with Crippen molar-refractivity contribution < 1.29 is 19.1 Å². The fraction of sp³-hybridized carbons (Fsp3) is 0.839. The lowest BCUT2D eigenvalue weighted by molar-refractivity contribution is -0.150. The molecule has 6 heteroatoms. The van der Waals surface area contributed by atoms with Crippen LogP contribution >= 0.6 is 0 Å². The van der Waals surface area contributed by atoms with E-state index in [1.54, 1.807) is 19.0 Å². The van der Waals surface area contributed by atoms with Gasteiger partial charge in [0.2, 0.25) is 5.91 Å². The Morgan fingerprint density at radius 3 is 2.27 bits per heavy atom.